The predicted molar refractivity (Wildman–Crippen MR) is 230 cm³/mol. The van der Waals surface area contributed by atoms with Gasteiger partial charge in [-0.3, -0.25) is 9.59 Å². The fraction of sp³-hybridized carbons (Fsp3) is 0.848. The van der Waals surface area contributed by atoms with Crippen LogP contribution in [0, 0.1) is 23.7 Å². The van der Waals surface area contributed by atoms with Crippen molar-refractivity contribution in [2.24, 2.45) is 23.7 Å². The molecule has 3 fully saturated rings. The second kappa shape index (κ2) is 24.1. The Morgan fingerprint density at radius 3 is 2.11 bits per heavy atom. The minimum atomic E-state index is -1.49. The average Bonchev–Trinajstić information content (AvgIpc) is 3.23. The lowest BCUT2D eigenvalue weighted by Gasteiger charge is -2.50. The Morgan fingerprint density at radius 1 is 0.859 bits per heavy atom. The number of ketones is 1. The van der Waals surface area contributed by atoms with Crippen LogP contribution in [0.3, 0.4) is 0 Å². The minimum Gasteiger partial charge on any atom is -0.462 e. The van der Waals surface area contributed by atoms with E-state index >= 15 is 0 Å². The van der Waals surface area contributed by atoms with Gasteiger partial charge < -0.3 is 77.9 Å². The summed E-state index contributed by atoms with van der Waals surface area (Å²) in [6.07, 6.45) is -8.49. The van der Waals surface area contributed by atoms with E-state index in [1.54, 1.807) is 59.7 Å². The van der Waals surface area contributed by atoms with Crippen molar-refractivity contribution < 1.29 is 82.5 Å². The van der Waals surface area contributed by atoms with Crippen LogP contribution < -0.4 is 0 Å². The molecular weight excluding hydrogens is 838 g/mol. The van der Waals surface area contributed by atoms with E-state index in [2.05, 4.69) is 0 Å². The number of likely N-dealkylation sites (N-methyl/N-ethyl adjacent to an activating group) is 1. The molecule has 4 aliphatic rings. The van der Waals surface area contributed by atoms with Crippen molar-refractivity contribution in [1.29, 1.82) is 0 Å². The summed E-state index contributed by atoms with van der Waals surface area (Å²) in [6.45, 7) is 13.6. The lowest BCUT2D eigenvalue weighted by molar-refractivity contribution is -0.341. The van der Waals surface area contributed by atoms with Crippen molar-refractivity contribution in [2.75, 3.05) is 34.9 Å². The zero-order valence-electron chi connectivity index (χ0n) is 39.7. The highest BCUT2D eigenvalue weighted by molar-refractivity contribution is 5.91. The normalized spacial score (nSPS) is 45.9. The molecule has 4 rings (SSSR count). The monoisotopic (exact) mass is 916 g/mol. The van der Waals surface area contributed by atoms with Crippen molar-refractivity contribution >= 4 is 18.0 Å². The maximum Gasteiger partial charge on any atom is 0.308 e. The van der Waals surface area contributed by atoms with E-state index in [-0.39, 0.29) is 31.7 Å². The van der Waals surface area contributed by atoms with Crippen molar-refractivity contribution in [3.05, 3.63) is 23.8 Å². The number of hydrogen-bond donors (Lipinski definition) is 5. The number of cyclic esters (lactones) is 1. The molecule has 0 saturated carbocycles. The highest BCUT2D eigenvalue weighted by atomic mass is 16.7. The molecule has 0 spiro atoms. The largest absolute Gasteiger partial charge is 0.462 e. The fourth-order valence-corrected chi connectivity index (χ4v) is 9.51. The molecule has 4 heterocycles. The van der Waals surface area contributed by atoms with Gasteiger partial charge in [0, 0.05) is 44.8 Å². The van der Waals surface area contributed by atoms with E-state index in [1.165, 1.54) is 27.2 Å². The number of allylic oxidation sites excluding steroid dienone is 3. The second-order valence-corrected chi connectivity index (χ2v) is 18.7. The Kier molecular flexibility index (Phi) is 20.5. The zero-order chi connectivity index (χ0) is 47.8. The third kappa shape index (κ3) is 13.5. The van der Waals surface area contributed by atoms with Crippen LogP contribution >= 0.6 is 0 Å². The number of carbonyl (C=O) groups is 3. The maximum atomic E-state index is 13.8. The lowest BCUT2D eigenvalue weighted by Crippen LogP contribution is -2.65. The lowest BCUT2D eigenvalue weighted by atomic mass is 9.79. The molecule has 0 aliphatic carbocycles. The molecule has 368 valence electrons. The number of hydrogen-bond acceptors (Lipinski definition) is 18. The van der Waals surface area contributed by atoms with Crippen LogP contribution in [0.2, 0.25) is 0 Å². The van der Waals surface area contributed by atoms with Crippen LogP contribution in [-0.2, 0) is 57.0 Å². The molecule has 18 heteroatoms. The van der Waals surface area contributed by atoms with Gasteiger partial charge >= 0.3 is 5.97 Å². The van der Waals surface area contributed by atoms with Crippen molar-refractivity contribution in [2.45, 2.75) is 191 Å². The number of esters is 1. The van der Waals surface area contributed by atoms with Gasteiger partial charge in [0.2, 0.25) is 0 Å². The summed E-state index contributed by atoms with van der Waals surface area (Å²) in [6, 6.07) is -0.748. The summed E-state index contributed by atoms with van der Waals surface area (Å²) in [5, 5.41) is 55.8. The van der Waals surface area contributed by atoms with Crippen LogP contribution in [0.4, 0.5) is 0 Å². The number of aldehydes is 1. The Labute approximate surface area is 378 Å². The van der Waals surface area contributed by atoms with Gasteiger partial charge in [0.1, 0.15) is 49.0 Å². The van der Waals surface area contributed by atoms with E-state index in [1.807, 2.05) is 19.9 Å². The van der Waals surface area contributed by atoms with Gasteiger partial charge in [-0.1, -0.05) is 38.5 Å². The summed E-state index contributed by atoms with van der Waals surface area (Å²) >= 11 is 0. The van der Waals surface area contributed by atoms with Crippen LogP contribution in [0.1, 0.15) is 87.5 Å². The fourth-order valence-electron chi connectivity index (χ4n) is 9.51. The molecule has 0 aromatic rings. The SMILES string of the molecule is CC[C@H]1OC(=O)C[C@@H](O)[C@H](C)[C@@H](O[C@@H]2O[C@H](C)[C@@H](O[C@H]3CC(C)(O)[C@@H](O)[C@@H](C)O3)C(N(C)C)C2O)[C@@H](CC=O)C[C@@H](C)C(=O)/C=C/C(C)=C/[C@@H]1CO[C@@H]1OC(C)[C@@H](O)C(OC)C1OC. The molecule has 5 N–H and O–H groups in total. The molecular formula is C46H77NO17. The van der Waals surface area contributed by atoms with E-state index < -0.39 is 140 Å². The Morgan fingerprint density at radius 2 is 1.52 bits per heavy atom. The van der Waals surface area contributed by atoms with Gasteiger partial charge in [-0.05, 0) is 73.5 Å². The maximum absolute atomic E-state index is 13.8. The predicted octanol–water partition coefficient (Wildman–Crippen LogP) is 1.83. The van der Waals surface area contributed by atoms with Gasteiger partial charge in [0.25, 0.3) is 0 Å². The number of nitrogens with zero attached hydrogens (tertiary/aromatic N) is 1. The van der Waals surface area contributed by atoms with Crippen molar-refractivity contribution in [3.8, 4) is 0 Å². The first kappa shape index (κ1) is 54.3. The van der Waals surface area contributed by atoms with E-state index in [0.717, 1.165) is 6.29 Å². The number of aliphatic hydroxyl groups excluding tert-OH is 4. The second-order valence-electron chi connectivity index (χ2n) is 18.7. The van der Waals surface area contributed by atoms with E-state index in [9.17, 15) is 39.9 Å². The summed E-state index contributed by atoms with van der Waals surface area (Å²) in [5.41, 5.74) is -0.806. The molecule has 6 unspecified atom stereocenters. The summed E-state index contributed by atoms with van der Waals surface area (Å²) in [4.78, 5) is 41.5. The van der Waals surface area contributed by atoms with Gasteiger partial charge in [0.05, 0.1) is 55.2 Å². The quantitative estimate of drug-likeness (QED) is 0.131. The van der Waals surface area contributed by atoms with Gasteiger partial charge in [0.15, 0.2) is 24.7 Å². The summed E-state index contributed by atoms with van der Waals surface area (Å²) in [5.74, 6) is -3.59. The standard InChI is InChI=1S/C46H77NO17/c1-13-33-30(22-58-45-42(57-12)41(56-11)37(52)26(5)60-45)18-23(2)14-15-31(49)24(3)19-29(16-17-48)39(25(4)32(50)20-34(51)62-33)64-44-38(53)36(47(9)10)40(27(6)61-44)63-35-21-46(8,55)43(54)28(7)59-35/h14-15,17-18,24-30,32-33,35-45,50,52-55H,13,16,19-22H2,1-12H3/b15-14+,23-18+/t24-,25+,26?,27-,28-,29+,30-,32-,33-,35+,36?,37-,38?,39-,40-,41?,42?,43+,44+,45-,46?/m1/s1. The molecule has 3 saturated heterocycles. The number of carbonyl (C=O) groups excluding carboxylic acids is 3. The molecule has 18 nitrogen and oxygen atoms in total. The van der Waals surface area contributed by atoms with Crippen LogP contribution in [-0.4, -0.2) is 187 Å². The first-order valence-corrected chi connectivity index (χ1v) is 22.7. The Bertz CT molecular complexity index is 1560. The third-order valence-corrected chi connectivity index (χ3v) is 13.4. The number of rotatable bonds is 13. The number of methoxy groups -OCH3 is 2. The van der Waals surface area contributed by atoms with Crippen molar-refractivity contribution in [3.63, 3.8) is 0 Å². The molecule has 4 aliphatic heterocycles. The van der Waals surface area contributed by atoms with Crippen LogP contribution in [0.15, 0.2) is 23.8 Å². The highest BCUT2D eigenvalue weighted by Gasteiger charge is 2.52. The molecule has 0 radical (unpaired) electrons. The summed E-state index contributed by atoms with van der Waals surface area (Å²) in [7, 11) is 6.43. The molecule has 0 amide bonds. The Hall–Kier alpha value is -2.27. The smallest absolute Gasteiger partial charge is 0.308 e. The van der Waals surface area contributed by atoms with Crippen molar-refractivity contribution in [1.82, 2.24) is 4.90 Å². The third-order valence-electron chi connectivity index (χ3n) is 13.4. The zero-order valence-corrected chi connectivity index (χ0v) is 39.7. The van der Waals surface area contributed by atoms with Gasteiger partial charge in [-0.2, -0.15) is 0 Å². The Balaban J connectivity index is 1.62. The molecule has 0 aromatic carbocycles. The number of aliphatic hydroxyl groups is 5. The average molecular weight is 916 g/mol. The molecule has 0 aromatic heterocycles. The number of ether oxygens (including phenoxy) is 9. The molecule has 21 atom stereocenters. The first-order valence-electron chi connectivity index (χ1n) is 22.7. The molecule has 0 bridgehead atoms. The minimum absolute atomic E-state index is 0.00788. The van der Waals surface area contributed by atoms with E-state index in [4.69, 9.17) is 42.6 Å². The van der Waals surface area contributed by atoms with Crippen LogP contribution in [0.5, 0.6) is 0 Å². The highest BCUT2D eigenvalue weighted by Crippen LogP contribution is 2.37. The van der Waals surface area contributed by atoms with E-state index in [0.29, 0.717) is 12.0 Å². The van der Waals surface area contributed by atoms with Crippen LogP contribution in [0.25, 0.3) is 0 Å². The molecule has 64 heavy (non-hydrogen) atoms. The topological polar surface area (TPSA) is 239 Å². The van der Waals surface area contributed by atoms with Gasteiger partial charge in [-0.15, -0.1) is 0 Å². The summed E-state index contributed by atoms with van der Waals surface area (Å²) < 4.78 is 54.7. The van der Waals surface area contributed by atoms with Gasteiger partial charge in [-0.25, -0.2) is 0 Å². The first-order chi connectivity index (χ1) is 30.1.